The van der Waals surface area contributed by atoms with Crippen LogP contribution in [-0.2, 0) is 13.1 Å². The van der Waals surface area contributed by atoms with Gasteiger partial charge in [0.15, 0.2) is 5.96 Å². The van der Waals surface area contributed by atoms with Gasteiger partial charge in [0, 0.05) is 26.2 Å². The number of aliphatic imine (C=N–C) groups is 1. The predicted molar refractivity (Wildman–Crippen MR) is 84.8 cm³/mol. The van der Waals surface area contributed by atoms with Crippen LogP contribution >= 0.6 is 0 Å². The quantitative estimate of drug-likeness (QED) is 0.833. The Balaban J connectivity index is 1.90. The summed E-state index contributed by atoms with van der Waals surface area (Å²) in [6, 6.07) is 8.81. The summed E-state index contributed by atoms with van der Waals surface area (Å²) in [6.07, 6.45) is 1.13. The lowest BCUT2D eigenvalue weighted by Gasteiger charge is -2.19. The normalized spacial score (nSPS) is 14.8. The Labute approximate surface area is 122 Å². The summed E-state index contributed by atoms with van der Waals surface area (Å²) < 4.78 is 0. The second-order valence-corrected chi connectivity index (χ2v) is 5.15. The molecule has 4 nitrogen and oxygen atoms in total. The van der Waals surface area contributed by atoms with Crippen molar-refractivity contribution >= 4 is 5.96 Å². The van der Waals surface area contributed by atoms with Crippen LogP contribution in [0.1, 0.15) is 31.4 Å². The molecule has 0 aromatic heterocycles. The van der Waals surface area contributed by atoms with Gasteiger partial charge >= 0.3 is 0 Å². The van der Waals surface area contributed by atoms with E-state index in [9.17, 15) is 0 Å². The first-order valence-electron chi connectivity index (χ1n) is 7.64. The average Bonchev–Trinajstić information content (AvgIpc) is 2.52. The zero-order valence-corrected chi connectivity index (χ0v) is 12.7. The second kappa shape index (κ2) is 7.90. The molecule has 0 spiro atoms. The van der Waals surface area contributed by atoms with Crippen LogP contribution in [-0.4, -0.2) is 37.0 Å². The van der Waals surface area contributed by atoms with Crippen LogP contribution in [0.3, 0.4) is 0 Å². The summed E-state index contributed by atoms with van der Waals surface area (Å²) >= 11 is 0. The highest BCUT2D eigenvalue weighted by molar-refractivity contribution is 5.80. The fraction of sp³-hybridized carbons (Fsp3) is 0.562. The largest absolute Gasteiger partial charge is 0.356 e. The maximum absolute atomic E-state index is 4.43. The molecule has 0 amide bonds. The van der Waals surface area contributed by atoms with E-state index >= 15 is 0 Å². The van der Waals surface area contributed by atoms with E-state index in [2.05, 4.69) is 58.6 Å². The predicted octanol–water partition coefficient (Wildman–Crippen LogP) is 1.97. The number of nitrogens with zero attached hydrogens (tertiary/aromatic N) is 2. The first-order chi connectivity index (χ1) is 9.81. The second-order valence-electron chi connectivity index (χ2n) is 5.15. The minimum absolute atomic E-state index is 0.831. The maximum Gasteiger partial charge on any atom is 0.191 e. The van der Waals surface area contributed by atoms with Crippen molar-refractivity contribution in [2.75, 3.05) is 26.2 Å². The fourth-order valence-electron chi connectivity index (χ4n) is 2.38. The van der Waals surface area contributed by atoms with E-state index in [0.717, 1.165) is 51.6 Å². The number of guanidine groups is 1. The maximum atomic E-state index is 4.43. The highest BCUT2D eigenvalue weighted by Crippen LogP contribution is 2.08. The van der Waals surface area contributed by atoms with Crippen molar-refractivity contribution in [2.45, 2.75) is 33.4 Å². The summed E-state index contributed by atoms with van der Waals surface area (Å²) in [7, 11) is 0. The van der Waals surface area contributed by atoms with Crippen molar-refractivity contribution in [1.82, 2.24) is 15.5 Å². The van der Waals surface area contributed by atoms with E-state index in [0.29, 0.717) is 0 Å². The smallest absolute Gasteiger partial charge is 0.191 e. The van der Waals surface area contributed by atoms with Gasteiger partial charge in [0.2, 0.25) is 0 Å². The molecule has 1 heterocycles. The zero-order valence-electron chi connectivity index (χ0n) is 12.7. The van der Waals surface area contributed by atoms with Gasteiger partial charge in [-0.1, -0.05) is 38.1 Å². The summed E-state index contributed by atoms with van der Waals surface area (Å²) in [5.41, 5.74) is 2.69. The van der Waals surface area contributed by atoms with E-state index in [-0.39, 0.29) is 0 Å². The van der Waals surface area contributed by atoms with Crippen molar-refractivity contribution in [3.05, 3.63) is 35.4 Å². The van der Waals surface area contributed by atoms with Crippen LogP contribution in [0.4, 0.5) is 0 Å². The van der Waals surface area contributed by atoms with E-state index in [4.69, 9.17) is 0 Å². The highest BCUT2D eigenvalue weighted by atomic mass is 15.2. The lowest BCUT2D eigenvalue weighted by atomic mass is 10.1. The molecule has 110 valence electrons. The van der Waals surface area contributed by atoms with Gasteiger partial charge in [-0.05, 0) is 30.6 Å². The fourth-order valence-corrected chi connectivity index (χ4v) is 2.38. The van der Waals surface area contributed by atoms with Gasteiger partial charge in [0.25, 0.3) is 0 Å². The Bertz CT molecular complexity index is 438. The van der Waals surface area contributed by atoms with Gasteiger partial charge in [-0.15, -0.1) is 0 Å². The number of benzene rings is 1. The molecule has 1 aromatic carbocycles. The topological polar surface area (TPSA) is 39.7 Å². The average molecular weight is 274 g/mol. The van der Waals surface area contributed by atoms with Gasteiger partial charge in [-0.2, -0.15) is 0 Å². The number of rotatable bonds is 6. The van der Waals surface area contributed by atoms with Crippen LogP contribution < -0.4 is 10.6 Å². The molecule has 2 rings (SSSR count). The molecule has 0 bridgehead atoms. The zero-order chi connectivity index (χ0) is 14.2. The molecular formula is C16H26N4. The first-order valence-corrected chi connectivity index (χ1v) is 7.64. The molecule has 0 fully saturated rings. The summed E-state index contributed by atoms with van der Waals surface area (Å²) in [4.78, 5) is 6.86. The van der Waals surface area contributed by atoms with E-state index < -0.39 is 0 Å². The third-order valence-electron chi connectivity index (χ3n) is 3.65. The van der Waals surface area contributed by atoms with Crippen molar-refractivity contribution < 1.29 is 0 Å². The minimum Gasteiger partial charge on any atom is -0.356 e. The molecule has 2 N–H and O–H groups in total. The van der Waals surface area contributed by atoms with E-state index in [1.54, 1.807) is 0 Å². The first kappa shape index (κ1) is 14.9. The Kier molecular flexibility index (Phi) is 5.87. The molecule has 4 heteroatoms. The summed E-state index contributed by atoms with van der Waals surface area (Å²) in [5.74, 6) is 0.936. The Morgan fingerprint density at radius 3 is 2.75 bits per heavy atom. The van der Waals surface area contributed by atoms with Gasteiger partial charge in [-0.25, -0.2) is 0 Å². The van der Waals surface area contributed by atoms with Gasteiger partial charge in [0.1, 0.15) is 0 Å². The standard InChI is InChI=1S/C16H26N4/c1-3-20(4-2)13-15-8-5-7-14(11-15)12-19-16-17-9-6-10-18-16/h5,7-8,11H,3-4,6,9-10,12-13H2,1-2H3,(H2,17,18,19). The van der Waals surface area contributed by atoms with Crippen molar-refractivity contribution in [2.24, 2.45) is 4.99 Å². The molecule has 1 aliphatic rings. The Morgan fingerprint density at radius 1 is 1.25 bits per heavy atom. The third-order valence-corrected chi connectivity index (χ3v) is 3.65. The Morgan fingerprint density at radius 2 is 2.05 bits per heavy atom. The SMILES string of the molecule is CCN(CC)Cc1cccc(CNC2=NCCCN2)c1. The number of hydrogen-bond acceptors (Lipinski definition) is 4. The lowest BCUT2D eigenvalue weighted by Crippen LogP contribution is -2.40. The molecule has 0 saturated heterocycles. The minimum atomic E-state index is 0.831. The van der Waals surface area contributed by atoms with Crippen molar-refractivity contribution in [3.8, 4) is 0 Å². The summed E-state index contributed by atoms with van der Waals surface area (Å²) in [5, 5.41) is 6.66. The molecule has 0 unspecified atom stereocenters. The molecule has 0 atom stereocenters. The number of hydrogen-bond donors (Lipinski definition) is 2. The van der Waals surface area contributed by atoms with Crippen LogP contribution in [0.15, 0.2) is 29.3 Å². The van der Waals surface area contributed by atoms with Crippen molar-refractivity contribution in [1.29, 1.82) is 0 Å². The van der Waals surface area contributed by atoms with Gasteiger partial charge in [-0.3, -0.25) is 9.89 Å². The lowest BCUT2D eigenvalue weighted by molar-refractivity contribution is 0.296. The molecule has 0 radical (unpaired) electrons. The van der Waals surface area contributed by atoms with Crippen LogP contribution in [0.5, 0.6) is 0 Å². The van der Waals surface area contributed by atoms with E-state index in [1.807, 2.05) is 0 Å². The molecule has 0 saturated carbocycles. The third kappa shape index (κ3) is 4.53. The van der Waals surface area contributed by atoms with Crippen LogP contribution in [0.2, 0.25) is 0 Å². The number of nitrogens with one attached hydrogen (secondary N) is 2. The monoisotopic (exact) mass is 274 g/mol. The molecule has 1 aliphatic heterocycles. The Hall–Kier alpha value is -1.55. The molecule has 0 aliphatic carbocycles. The molecule has 20 heavy (non-hydrogen) atoms. The summed E-state index contributed by atoms with van der Waals surface area (Å²) in [6.45, 7) is 10.4. The van der Waals surface area contributed by atoms with Crippen LogP contribution in [0.25, 0.3) is 0 Å². The van der Waals surface area contributed by atoms with Gasteiger partial charge in [0.05, 0.1) is 0 Å². The van der Waals surface area contributed by atoms with Gasteiger partial charge < -0.3 is 10.6 Å². The van der Waals surface area contributed by atoms with Crippen LogP contribution in [0, 0.1) is 0 Å². The van der Waals surface area contributed by atoms with Crippen molar-refractivity contribution in [3.63, 3.8) is 0 Å². The molecule has 1 aromatic rings. The molecular weight excluding hydrogens is 248 g/mol. The van der Waals surface area contributed by atoms with E-state index in [1.165, 1.54) is 11.1 Å². The highest BCUT2D eigenvalue weighted by Gasteiger charge is 2.04.